The lowest BCUT2D eigenvalue weighted by molar-refractivity contribution is 0.113. The summed E-state index contributed by atoms with van der Waals surface area (Å²) in [5, 5.41) is 0.936. The molecular formula is C11H12F2N2. The van der Waals surface area contributed by atoms with Crippen LogP contribution in [0.25, 0.3) is 10.9 Å². The summed E-state index contributed by atoms with van der Waals surface area (Å²) in [7, 11) is 1.75. The molecule has 2 nitrogen and oxygen atoms in total. The van der Waals surface area contributed by atoms with Crippen molar-refractivity contribution in [1.29, 1.82) is 0 Å². The molecule has 0 fully saturated rings. The van der Waals surface area contributed by atoms with E-state index in [9.17, 15) is 8.78 Å². The minimum absolute atomic E-state index is 0.464. The van der Waals surface area contributed by atoms with Gasteiger partial charge in [-0.25, -0.2) is 8.78 Å². The van der Waals surface area contributed by atoms with Crippen LogP contribution in [0.1, 0.15) is 11.7 Å². The van der Waals surface area contributed by atoms with Crippen LogP contribution in [-0.2, 0) is 7.05 Å². The molecule has 0 saturated carbocycles. The van der Waals surface area contributed by atoms with Crippen LogP contribution >= 0.6 is 0 Å². The largest absolute Gasteiger partial charge is 0.346 e. The second-order valence-electron chi connectivity index (χ2n) is 3.55. The predicted octanol–water partition coefficient (Wildman–Crippen LogP) is 2.44. The second-order valence-corrected chi connectivity index (χ2v) is 3.55. The van der Waals surface area contributed by atoms with Crippen molar-refractivity contribution in [3.05, 3.63) is 36.0 Å². The topological polar surface area (TPSA) is 30.9 Å². The molecule has 15 heavy (non-hydrogen) atoms. The summed E-state index contributed by atoms with van der Waals surface area (Å²) < 4.78 is 26.7. The zero-order valence-corrected chi connectivity index (χ0v) is 8.32. The molecule has 2 aromatic rings. The van der Waals surface area contributed by atoms with Crippen LogP contribution in [-0.4, -0.2) is 11.0 Å². The van der Waals surface area contributed by atoms with Gasteiger partial charge < -0.3 is 10.3 Å². The van der Waals surface area contributed by atoms with Gasteiger partial charge in [-0.3, -0.25) is 0 Å². The molecule has 0 bridgehead atoms. The highest BCUT2D eigenvalue weighted by molar-refractivity contribution is 5.81. The number of hydrogen-bond donors (Lipinski definition) is 1. The number of aryl methyl sites for hydroxylation is 1. The number of halogens is 2. The minimum atomic E-state index is -2.53. The van der Waals surface area contributed by atoms with Gasteiger partial charge in [-0.2, -0.15) is 0 Å². The van der Waals surface area contributed by atoms with E-state index in [1.807, 2.05) is 24.3 Å². The van der Waals surface area contributed by atoms with E-state index in [0.717, 1.165) is 10.9 Å². The molecule has 1 atom stereocenters. The lowest BCUT2D eigenvalue weighted by Gasteiger charge is -2.11. The molecule has 0 radical (unpaired) electrons. The smallest absolute Gasteiger partial charge is 0.259 e. The molecular weight excluding hydrogens is 198 g/mol. The molecule has 80 valence electrons. The van der Waals surface area contributed by atoms with Gasteiger partial charge in [0.1, 0.15) is 6.04 Å². The maximum Gasteiger partial charge on any atom is 0.259 e. The Morgan fingerprint density at radius 2 is 1.93 bits per heavy atom. The quantitative estimate of drug-likeness (QED) is 0.810. The Morgan fingerprint density at radius 1 is 1.27 bits per heavy atom. The van der Waals surface area contributed by atoms with E-state index in [1.54, 1.807) is 17.7 Å². The normalized spacial score (nSPS) is 13.7. The standard InChI is InChI=1S/C11H12F2N2/c1-15-8-5-3-2-4-7(8)6-9(15)10(14)11(12)13/h2-6,10-11H,14H2,1H3. The third kappa shape index (κ3) is 1.61. The SMILES string of the molecule is Cn1c(C(N)C(F)F)cc2ccccc21. The molecule has 0 aliphatic carbocycles. The van der Waals surface area contributed by atoms with Crippen LogP contribution in [0.5, 0.6) is 0 Å². The van der Waals surface area contributed by atoms with Crippen LogP contribution < -0.4 is 5.73 Å². The number of hydrogen-bond acceptors (Lipinski definition) is 1. The van der Waals surface area contributed by atoms with Crippen molar-refractivity contribution in [2.45, 2.75) is 12.5 Å². The molecule has 0 spiro atoms. The third-order valence-corrected chi connectivity index (χ3v) is 2.60. The van der Waals surface area contributed by atoms with Crippen molar-refractivity contribution < 1.29 is 8.78 Å². The monoisotopic (exact) mass is 210 g/mol. The second kappa shape index (κ2) is 3.62. The predicted molar refractivity (Wildman–Crippen MR) is 55.9 cm³/mol. The number of nitrogens with zero attached hydrogens (tertiary/aromatic N) is 1. The molecule has 1 aromatic carbocycles. The average Bonchev–Trinajstić information content (AvgIpc) is 2.56. The molecule has 0 saturated heterocycles. The number of benzene rings is 1. The maximum absolute atomic E-state index is 12.5. The summed E-state index contributed by atoms with van der Waals surface area (Å²) in [4.78, 5) is 0. The first kappa shape index (κ1) is 10.1. The average molecular weight is 210 g/mol. The van der Waals surface area contributed by atoms with Crippen LogP contribution in [0.3, 0.4) is 0 Å². The van der Waals surface area contributed by atoms with Gasteiger partial charge >= 0.3 is 0 Å². The minimum Gasteiger partial charge on any atom is -0.346 e. The van der Waals surface area contributed by atoms with E-state index in [2.05, 4.69) is 0 Å². The first-order valence-corrected chi connectivity index (χ1v) is 4.69. The highest BCUT2D eigenvalue weighted by atomic mass is 19.3. The van der Waals surface area contributed by atoms with E-state index >= 15 is 0 Å². The molecule has 2 rings (SSSR count). The molecule has 1 aromatic heterocycles. The van der Waals surface area contributed by atoms with Gasteiger partial charge in [0.2, 0.25) is 0 Å². The first-order valence-electron chi connectivity index (χ1n) is 4.69. The van der Waals surface area contributed by atoms with Gasteiger partial charge in [-0.1, -0.05) is 18.2 Å². The Hall–Kier alpha value is -1.42. The number of para-hydroxylation sites is 1. The molecule has 4 heteroatoms. The van der Waals surface area contributed by atoms with E-state index in [-0.39, 0.29) is 0 Å². The van der Waals surface area contributed by atoms with Crippen molar-refractivity contribution in [3.63, 3.8) is 0 Å². The van der Waals surface area contributed by atoms with Crippen molar-refractivity contribution in [1.82, 2.24) is 4.57 Å². The van der Waals surface area contributed by atoms with Crippen molar-refractivity contribution in [3.8, 4) is 0 Å². The summed E-state index contributed by atoms with van der Waals surface area (Å²) >= 11 is 0. The van der Waals surface area contributed by atoms with Gasteiger partial charge in [0, 0.05) is 18.3 Å². The van der Waals surface area contributed by atoms with E-state index in [4.69, 9.17) is 5.73 Å². The van der Waals surface area contributed by atoms with Crippen LogP contribution in [0.15, 0.2) is 30.3 Å². The summed E-state index contributed by atoms with van der Waals surface area (Å²) in [6.45, 7) is 0. The number of rotatable bonds is 2. The Kier molecular flexibility index (Phi) is 2.44. The highest BCUT2D eigenvalue weighted by Crippen LogP contribution is 2.25. The van der Waals surface area contributed by atoms with Gasteiger partial charge in [0.25, 0.3) is 6.43 Å². The molecule has 0 aliphatic rings. The fraction of sp³-hybridized carbons (Fsp3) is 0.273. The Bertz CT molecular complexity index is 476. The Balaban J connectivity index is 2.58. The van der Waals surface area contributed by atoms with Gasteiger partial charge in [-0.15, -0.1) is 0 Å². The first-order chi connectivity index (χ1) is 7.11. The van der Waals surface area contributed by atoms with E-state index in [1.165, 1.54) is 0 Å². The van der Waals surface area contributed by atoms with Crippen LogP contribution in [0.2, 0.25) is 0 Å². The summed E-state index contributed by atoms with van der Waals surface area (Å²) in [6.07, 6.45) is -2.53. The van der Waals surface area contributed by atoms with Crippen LogP contribution in [0.4, 0.5) is 8.78 Å². The van der Waals surface area contributed by atoms with Gasteiger partial charge in [0.05, 0.1) is 0 Å². The molecule has 0 aliphatic heterocycles. The van der Waals surface area contributed by atoms with E-state index in [0.29, 0.717) is 5.69 Å². The van der Waals surface area contributed by atoms with Gasteiger partial charge in [0.15, 0.2) is 0 Å². The highest BCUT2D eigenvalue weighted by Gasteiger charge is 2.21. The summed E-state index contributed by atoms with van der Waals surface area (Å²) in [5.41, 5.74) is 6.82. The lowest BCUT2D eigenvalue weighted by Crippen LogP contribution is -2.21. The van der Waals surface area contributed by atoms with Crippen molar-refractivity contribution >= 4 is 10.9 Å². The lowest BCUT2D eigenvalue weighted by atomic mass is 10.2. The van der Waals surface area contributed by atoms with E-state index < -0.39 is 12.5 Å². The number of nitrogens with two attached hydrogens (primary N) is 1. The third-order valence-electron chi connectivity index (χ3n) is 2.60. The fourth-order valence-corrected chi connectivity index (χ4v) is 1.76. The Morgan fingerprint density at radius 3 is 2.53 bits per heavy atom. The van der Waals surface area contributed by atoms with Crippen LogP contribution in [0, 0.1) is 0 Å². The van der Waals surface area contributed by atoms with Crippen molar-refractivity contribution in [2.75, 3.05) is 0 Å². The summed E-state index contributed by atoms with van der Waals surface area (Å²) in [5.74, 6) is 0. The Labute approximate surface area is 86.3 Å². The number of alkyl halides is 2. The molecule has 0 amide bonds. The van der Waals surface area contributed by atoms with Gasteiger partial charge in [-0.05, 0) is 17.5 Å². The zero-order chi connectivity index (χ0) is 11.0. The number of fused-ring (bicyclic) bond motifs is 1. The molecule has 1 unspecified atom stereocenters. The fourth-order valence-electron chi connectivity index (χ4n) is 1.76. The zero-order valence-electron chi connectivity index (χ0n) is 8.32. The summed E-state index contributed by atoms with van der Waals surface area (Å²) in [6, 6.07) is 8.02. The molecule has 1 heterocycles. The maximum atomic E-state index is 12.5. The number of aromatic nitrogens is 1. The van der Waals surface area contributed by atoms with Crippen molar-refractivity contribution in [2.24, 2.45) is 12.8 Å². The molecule has 2 N–H and O–H groups in total.